The average molecular weight is 668 g/mol. The molecule has 256 valence electrons. The van der Waals surface area contributed by atoms with Crippen LogP contribution in [0, 0.1) is 0 Å². The number of para-hydroxylation sites is 1. The maximum atomic E-state index is 13.5. The number of carbonyl (C=O) groups is 3. The summed E-state index contributed by atoms with van der Waals surface area (Å²) in [6.07, 6.45) is -0.1000. The van der Waals surface area contributed by atoms with E-state index >= 15 is 0 Å². The Morgan fingerprint density at radius 3 is 2.16 bits per heavy atom. The molecule has 5 rings (SSSR count). The van der Waals surface area contributed by atoms with Gasteiger partial charge in [-0.05, 0) is 86.2 Å². The Labute approximate surface area is 286 Å². The lowest BCUT2D eigenvalue weighted by Crippen LogP contribution is -2.59. The van der Waals surface area contributed by atoms with Gasteiger partial charge in [-0.3, -0.25) is 0 Å². The third kappa shape index (κ3) is 7.97. The lowest BCUT2D eigenvalue weighted by molar-refractivity contribution is -0.149. The first-order chi connectivity index (χ1) is 23.5. The second kappa shape index (κ2) is 14.7. The van der Waals surface area contributed by atoms with Crippen LogP contribution in [0.5, 0.6) is 23.0 Å². The minimum atomic E-state index is -1.45. The van der Waals surface area contributed by atoms with Crippen LogP contribution in [0.1, 0.15) is 54.2 Å². The number of rotatable bonds is 10. The second-order valence-corrected chi connectivity index (χ2v) is 12.7. The van der Waals surface area contributed by atoms with Crippen LogP contribution in [0.3, 0.4) is 0 Å². The molecule has 0 saturated heterocycles. The molecule has 0 fully saturated rings. The number of hydrogen-bond donors (Lipinski definition) is 1. The summed E-state index contributed by atoms with van der Waals surface area (Å²) in [5.41, 5.74) is 2.15. The van der Waals surface area contributed by atoms with E-state index in [-0.39, 0.29) is 30.8 Å². The highest BCUT2D eigenvalue weighted by atomic mass is 16.6. The molecule has 0 spiro atoms. The van der Waals surface area contributed by atoms with Crippen molar-refractivity contribution in [3.63, 3.8) is 0 Å². The summed E-state index contributed by atoms with van der Waals surface area (Å²) in [7, 11) is 4.43. The number of ether oxygens (including phenoxy) is 6. The van der Waals surface area contributed by atoms with Crippen molar-refractivity contribution in [3.8, 4) is 34.1 Å². The normalized spacial score (nSPS) is 15.3. The van der Waals surface area contributed by atoms with Crippen LogP contribution in [-0.2, 0) is 38.5 Å². The van der Waals surface area contributed by atoms with Crippen molar-refractivity contribution in [2.24, 2.45) is 0 Å². The van der Waals surface area contributed by atoms with Gasteiger partial charge in [-0.15, -0.1) is 0 Å². The predicted octanol–water partition coefficient (Wildman–Crippen LogP) is 7.45. The van der Waals surface area contributed by atoms with Gasteiger partial charge >= 0.3 is 18.0 Å². The Morgan fingerprint density at radius 1 is 0.776 bits per heavy atom. The maximum absolute atomic E-state index is 13.5. The molecule has 4 aromatic rings. The van der Waals surface area contributed by atoms with E-state index in [2.05, 4.69) is 5.32 Å². The van der Waals surface area contributed by atoms with E-state index in [1.165, 1.54) is 7.11 Å². The molecule has 0 radical (unpaired) electrons. The van der Waals surface area contributed by atoms with Crippen molar-refractivity contribution in [3.05, 3.63) is 107 Å². The zero-order chi connectivity index (χ0) is 35.2. The van der Waals surface area contributed by atoms with Gasteiger partial charge in [0.25, 0.3) is 0 Å². The van der Waals surface area contributed by atoms with Gasteiger partial charge in [-0.2, -0.15) is 0 Å². The van der Waals surface area contributed by atoms with Crippen molar-refractivity contribution < 1.29 is 42.8 Å². The molecule has 1 aliphatic carbocycles. The van der Waals surface area contributed by atoms with E-state index in [0.29, 0.717) is 29.2 Å². The van der Waals surface area contributed by atoms with Gasteiger partial charge in [0.15, 0.2) is 11.5 Å². The zero-order valence-electron chi connectivity index (χ0n) is 28.6. The molecule has 49 heavy (non-hydrogen) atoms. The van der Waals surface area contributed by atoms with E-state index in [1.807, 2.05) is 54.6 Å². The predicted molar refractivity (Wildman–Crippen MR) is 183 cm³/mol. The number of alkyl carbamates (subject to hydrolysis) is 1. The molecule has 4 aromatic carbocycles. The SMILES string of the molecule is COC(=O)[C@]1(NC(=O)OC(C)(C)C)CCc2c(-c3ccc(OC)c(OC)c3)ccc(Oc3ccccc3C(=O)OCc3ccccc3)c2C1. The van der Waals surface area contributed by atoms with Gasteiger partial charge in [0.2, 0.25) is 0 Å². The van der Waals surface area contributed by atoms with Crippen LogP contribution in [0.4, 0.5) is 4.79 Å². The molecule has 0 bridgehead atoms. The van der Waals surface area contributed by atoms with Crippen LogP contribution in [0.25, 0.3) is 11.1 Å². The van der Waals surface area contributed by atoms with Crippen LogP contribution < -0.4 is 19.5 Å². The Morgan fingerprint density at radius 2 is 1.47 bits per heavy atom. The Kier molecular flexibility index (Phi) is 10.5. The summed E-state index contributed by atoms with van der Waals surface area (Å²) in [6, 6.07) is 25.6. The van der Waals surface area contributed by atoms with E-state index < -0.39 is 29.2 Å². The second-order valence-electron chi connectivity index (χ2n) is 12.7. The molecule has 1 aliphatic rings. The highest BCUT2D eigenvalue weighted by Gasteiger charge is 2.46. The molecule has 0 saturated carbocycles. The molecular weight excluding hydrogens is 626 g/mol. The third-order valence-electron chi connectivity index (χ3n) is 8.22. The van der Waals surface area contributed by atoms with Gasteiger partial charge in [0.05, 0.1) is 21.3 Å². The van der Waals surface area contributed by atoms with Gasteiger partial charge < -0.3 is 33.7 Å². The number of amides is 1. The van der Waals surface area contributed by atoms with E-state index in [4.69, 9.17) is 28.4 Å². The first-order valence-electron chi connectivity index (χ1n) is 15.9. The van der Waals surface area contributed by atoms with Crippen LogP contribution in [-0.4, -0.2) is 50.5 Å². The molecule has 10 nitrogen and oxygen atoms in total. The lowest BCUT2D eigenvalue weighted by Gasteiger charge is -2.38. The van der Waals surface area contributed by atoms with Crippen LogP contribution >= 0.6 is 0 Å². The molecule has 0 aliphatic heterocycles. The van der Waals surface area contributed by atoms with Crippen molar-refractivity contribution in [2.75, 3.05) is 21.3 Å². The van der Waals surface area contributed by atoms with Gasteiger partial charge in [0, 0.05) is 12.0 Å². The average Bonchev–Trinajstić information content (AvgIpc) is 3.09. The molecule has 0 heterocycles. The van der Waals surface area contributed by atoms with E-state index in [9.17, 15) is 14.4 Å². The highest BCUT2D eigenvalue weighted by Crippen LogP contribution is 2.44. The Bertz CT molecular complexity index is 1830. The number of hydrogen-bond acceptors (Lipinski definition) is 9. The van der Waals surface area contributed by atoms with Crippen molar-refractivity contribution >= 4 is 18.0 Å². The topological polar surface area (TPSA) is 119 Å². The number of esters is 2. The standard InChI is InChI=1S/C39H41NO9/c1-38(2,3)49-37(43)40-39(36(42)46-6)21-20-28-27(26-16-18-33(44-4)34(22-26)45-5)17-19-32(30(28)23-39)48-31-15-11-10-14-29(31)35(41)47-24-25-12-8-7-9-13-25/h7-19,22H,20-21,23-24H2,1-6H3,(H,40,43)/t39-/m0/s1. The fourth-order valence-electron chi connectivity index (χ4n) is 5.92. The summed E-state index contributed by atoms with van der Waals surface area (Å²) in [5, 5.41) is 2.82. The summed E-state index contributed by atoms with van der Waals surface area (Å²) < 4.78 is 33.9. The monoisotopic (exact) mass is 667 g/mol. The van der Waals surface area contributed by atoms with Crippen molar-refractivity contribution in [1.82, 2.24) is 5.32 Å². The van der Waals surface area contributed by atoms with Crippen LogP contribution in [0.15, 0.2) is 84.9 Å². The number of carbonyl (C=O) groups excluding carboxylic acids is 3. The smallest absolute Gasteiger partial charge is 0.408 e. The number of fused-ring (bicyclic) bond motifs is 1. The molecular formula is C39H41NO9. The Hall–Kier alpha value is -5.51. The molecule has 0 aromatic heterocycles. The summed E-state index contributed by atoms with van der Waals surface area (Å²) >= 11 is 0. The summed E-state index contributed by atoms with van der Waals surface area (Å²) in [4.78, 5) is 39.9. The molecule has 10 heteroatoms. The lowest BCUT2D eigenvalue weighted by atomic mass is 9.75. The largest absolute Gasteiger partial charge is 0.493 e. The minimum Gasteiger partial charge on any atom is -0.493 e. The Balaban J connectivity index is 1.57. The molecule has 1 N–H and O–H groups in total. The fourth-order valence-corrected chi connectivity index (χ4v) is 5.92. The number of benzene rings is 4. The first-order valence-corrected chi connectivity index (χ1v) is 15.9. The highest BCUT2D eigenvalue weighted by molar-refractivity contribution is 5.93. The first kappa shape index (κ1) is 34.8. The molecule has 1 atom stereocenters. The maximum Gasteiger partial charge on any atom is 0.408 e. The fraction of sp³-hybridized carbons (Fsp3) is 0.308. The zero-order valence-corrected chi connectivity index (χ0v) is 28.6. The number of methoxy groups -OCH3 is 3. The van der Waals surface area contributed by atoms with Crippen molar-refractivity contribution in [1.29, 1.82) is 0 Å². The quantitative estimate of drug-likeness (QED) is 0.136. The van der Waals surface area contributed by atoms with Crippen molar-refractivity contribution in [2.45, 2.75) is 57.8 Å². The minimum absolute atomic E-state index is 0.0331. The number of nitrogens with one attached hydrogen (secondary N) is 1. The van der Waals surface area contributed by atoms with Gasteiger partial charge in [-0.1, -0.05) is 54.6 Å². The third-order valence-corrected chi connectivity index (χ3v) is 8.22. The van der Waals surface area contributed by atoms with Gasteiger partial charge in [-0.25, -0.2) is 14.4 Å². The summed E-state index contributed by atoms with van der Waals surface area (Å²) in [6.45, 7) is 5.34. The van der Waals surface area contributed by atoms with Crippen LogP contribution in [0.2, 0.25) is 0 Å². The molecule has 0 unspecified atom stereocenters. The van der Waals surface area contributed by atoms with Gasteiger partial charge in [0.1, 0.15) is 34.8 Å². The van der Waals surface area contributed by atoms with E-state index in [0.717, 1.165) is 22.3 Å². The molecule has 1 amide bonds. The summed E-state index contributed by atoms with van der Waals surface area (Å²) in [5.74, 6) is 0.657. The van der Waals surface area contributed by atoms with E-state index in [1.54, 1.807) is 65.3 Å².